The molecule has 0 fully saturated rings. The number of ether oxygens (including phenoxy) is 2. The van der Waals surface area contributed by atoms with Gasteiger partial charge in [0.2, 0.25) is 0 Å². The van der Waals surface area contributed by atoms with Crippen LogP contribution in [0.5, 0.6) is 0 Å². The van der Waals surface area contributed by atoms with Crippen molar-refractivity contribution in [3.05, 3.63) is 0 Å². The fraction of sp³-hybridized carbons (Fsp3) is 0.786. The smallest absolute Gasteiger partial charge is 0.293 e. The largest absolute Gasteiger partial charge is 0.463 e. The van der Waals surface area contributed by atoms with Crippen LogP contribution < -0.4 is 5.73 Å². The van der Waals surface area contributed by atoms with Gasteiger partial charge in [0.15, 0.2) is 0 Å². The van der Waals surface area contributed by atoms with Crippen LogP contribution in [-0.4, -0.2) is 48.5 Å². The molecule has 122 valence electrons. The molecular formula is C14H25NO5S. The first kappa shape index (κ1) is 19.9. The third-order valence-corrected chi connectivity index (χ3v) is 4.25. The molecule has 0 heterocycles. The Bertz CT molecular complexity index is 346. The fourth-order valence-electron chi connectivity index (χ4n) is 2.25. The van der Waals surface area contributed by atoms with Crippen molar-refractivity contribution in [2.24, 2.45) is 11.1 Å². The quantitative estimate of drug-likeness (QED) is 0.539. The topological polar surface area (TPSA) is 95.7 Å². The molecule has 2 N–H and O–H groups in total. The van der Waals surface area contributed by atoms with E-state index in [0.717, 1.165) is 0 Å². The molecular weight excluding hydrogens is 294 g/mol. The van der Waals surface area contributed by atoms with Crippen LogP contribution in [-0.2, 0) is 23.9 Å². The van der Waals surface area contributed by atoms with Gasteiger partial charge in [0.25, 0.3) is 12.9 Å². The summed E-state index contributed by atoms with van der Waals surface area (Å²) in [6.07, 6.45) is 0.847. The van der Waals surface area contributed by atoms with Crippen LogP contribution >= 0.6 is 11.8 Å². The lowest BCUT2D eigenvalue weighted by Crippen LogP contribution is -2.41. The van der Waals surface area contributed by atoms with E-state index in [1.165, 1.54) is 11.8 Å². The van der Waals surface area contributed by atoms with Gasteiger partial charge in [-0.1, -0.05) is 13.8 Å². The Kier molecular flexibility index (Phi) is 8.58. The van der Waals surface area contributed by atoms with Gasteiger partial charge >= 0.3 is 0 Å². The molecule has 0 saturated heterocycles. The first-order valence-electron chi connectivity index (χ1n) is 6.67. The van der Waals surface area contributed by atoms with Gasteiger partial charge < -0.3 is 20.0 Å². The fourth-order valence-corrected chi connectivity index (χ4v) is 3.48. The zero-order valence-electron chi connectivity index (χ0n) is 13.0. The van der Waals surface area contributed by atoms with Crippen LogP contribution in [0.15, 0.2) is 0 Å². The molecule has 0 spiro atoms. The molecule has 0 aliphatic rings. The molecule has 0 bridgehead atoms. The van der Waals surface area contributed by atoms with Crippen molar-refractivity contribution in [1.82, 2.24) is 0 Å². The van der Waals surface area contributed by atoms with E-state index in [9.17, 15) is 14.4 Å². The van der Waals surface area contributed by atoms with Crippen molar-refractivity contribution in [2.75, 3.05) is 11.5 Å². The summed E-state index contributed by atoms with van der Waals surface area (Å²) in [5.74, 6) is 0.983. The summed E-state index contributed by atoms with van der Waals surface area (Å²) in [7, 11) is 0. The normalized spacial score (nSPS) is 14.9. The molecule has 0 aromatic carbocycles. The van der Waals surface area contributed by atoms with E-state index in [0.29, 0.717) is 37.2 Å². The molecule has 0 radical (unpaired) electrons. The Labute approximate surface area is 130 Å². The van der Waals surface area contributed by atoms with Crippen LogP contribution in [0, 0.1) is 5.41 Å². The summed E-state index contributed by atoms with van der Waals surface area (Å²) in [5.41, 5.74) is 4.48. The van der Waals surface area contributed by atoms with Gasteiger partial charge in [0, 0.05) is 16.9 Å². The molecule has 0 amide bonds. The van der Waals surface area contributed by atoms with E-state index >= 15 is 0 Å². The Morgan fingerprint density at radius 1 is 1.10 bits per heavy atom. The lowest BCUT2D eigenvalue weighted by molar-refractivity contribution is -0.150. The summed E-state index contributed by atoms with van der Waals surface area (Å²) >= 11 is 1.45. The second-order valence-corrected chi connectivity index (χ2v) is 7.27. The highest BCUT2D eigenvalue weighted by molar-refractivity contribution is 7.99. The number of rotatable bonds is 12. The first-order valence-corrected chi connectivity index (χ1v) is 7.83. The monoisotopic (exact) mass is 319 g/mol. The summed E-state index contributed by atoms with van der Waals surface area (Å²) in [4.78, 5) is 31.7. The summed E-state index contributed by atoms with van der Waals surface area (Å²) in [6.45, 7) is 8.32. The standard InChI is InChI=1S/C14H25NO5S/c1-13(2,8-14(3,4)20-10-18)12(19-9-17)7-21-6-11(15)5-16/h5,9-12H,6-8,15H2,1-4H3. The Hall–Kier alpha value is -1.08. The van der Waals surface area contributed by atoms with E-state index < -0.39 is 17.1 Å². The highest BCUT2D eigenvalue weighted by atomic mass is 32.2. The third kappa shape index (κ3) is 8.06. The average molecular weight is 319 g/mol. The SMILES string of the molecule is CC(C)(CC(C)(C)C(CSCC(N)C=O)OC=O)OC=O. The molecule has 2 unspecified atom stereocenters. The van der Waals surface area contributed by atoms with Gasteiger partial charge in [-0.15, -0.1) is 0 Å². The van der Waals surface area contributed by atoms with Gasteiger partial charge in [-0.05, 0) is 20.3 Å². The maximum Gasteiger partial charge on any atom is 0.293 e. The van der Waals surface area contributed by atoms with Crippen LogP contribution in [0.4, 0.5) is 0 Å². The number of thioether (sulfide) groups is 1. The van der Waals surface area contributed by atoms with Crippen LogP contribution in [0.2, 0.25) is 0 Å². The van der Waals surface area contributed by atoms with Crippen LogP contribution in [0.3, 0.4) is 0 Å². The Balaban J connectivity index is 4.69. The van der Waals surface area contributed by atoms with Gasteiger partial charge in [0.05, 0.1) is 6.04 Å². The van der Waals surface area contributed by atoms with E-state index in [-0.39, 0.29) is 6.10 Å². The van der Waals surface area contributed by atoms with E-state index in [1.54, 1.807) is 13.8 Å². The highest BCUT2D eigenvalue weighted by Crippen LogP contribution is 2.35. The van der Waals surface area contributed by atoms with E-state index in [4.69, 9.17) is 15.2 Å². The Morgan fingerprint density at radius 2 is 1.71 bits per heavy atom. The van der Waals surface area contributed by atoms with Crippen LogP contribution in [0.25, 0.3) is 0 Å². The van der Waals surface area contributed by atoms with Gasteiger partial charge in [-0.2, -0.15) is 11.8 Å². The molecule has 2 atom stereocenters. The second kappa shape index (κ2) is 9.04. The summed E-state index contributed by atoms with van der Waals surface area (Å²) < 4.78 is 10.2. The lowest BCUT2D eigenvalue weighted by atomic mass is 9.77. The van der Waals surface area contributed by atoms with Crippen molar-refractivity contribution < 1.29 is 23.9 Å². The number of carbonyl (C=O) groups is 3. The number of carbonyl (C=O) groups excluding carboxylic acids is 3. The minimum absolute atomic E-state index is 0.367. The van der Waals surface area contributed by atoms with Crippen LogP contribution in [0.1, 0.15) is 34.1 Å². The molecule has 6 nitrogen and oxygen atoms in total. The van der Waals surface area contributed by atoms with Crippen molar-refractivity contribution in [3.8, 4) is 0 Å². The molecule has 0 aliphatic carbocycles. The van der Waals surface area contributed by atoms with Gasteiger partial charge in [0.1, 0.15) is 18.0 Å². The molecule has 0 aromatic heterocycles. The first-order chi connectivity index (χ1) is 9.68. The van der Waals surface area contributed by atoms with Gasteiger partial charge in [-0.25, -0.2) is 0 Å². The maximum absolute atomic E-state index is 10.7. The average Bonchev–Trinajstić information content (AvgIpc) is 2.35. The molecule has 7 heteroatoms. The number of aldehydes is 1. The second-order valence-electron chi connectivity index (χ2n) is 6.20. The van der Waals surface area contributed by atoms with E-state index in [2.05, 4.69) is 0 Å². The van der Waals surface area contributed by atoms with E-state index in [1.807, 2.05) is 13.8 Å². The zero-order valence-corrected chi connectivity index (χ0v) is 13.9. The van der Waals surface area contributed by atoms with Crippen molar-refractivity contribution in [1.29, 1.82) is 0 Å². The van der Waals surface area contributed by atoms with Gasteiger partial charge in [-0.3, -0.25) is 9.59 Å². The van der Waals surface area contributed by atoms with Crippen molar-refractivity contribution in [2.45, 2.75) is 51.9 Å². The third-order valence-electron chi connectivity index (χ3n) is 3.09. The lowest BCUT2D eigenvalue weighted by Gasteiger charge is -2.38. The predicted octanol–water partition coefficient (Wildman–Crippen LogP) is 1.16. The molecule has 21 heavy (non-hydrogen) atoms. The molecule has 0 rings (SSSR count). The number of hydrogen-bond donors (Lipinski definition) is 1. The summed E-state index contributed by atoms with van der Waals surface area (Å²) in [6, 6.07) is -0.523. The number of nitrogens with two attached hydrogens (primary N) is 1. The molecule has 0 aliphatic heterocycles. The minimum Gasteiger partial charge on any atom is -0.463 e. The van der Waals surface area contributed by atoms with Crippen molar-refractivity contribution >= 4 is 31.0 Å². The molecule has 0 saturated carbocycles. The summed E-state index contributed by atoms with van der Waals surface area (Å²) in [5, 5.41) is 0. The Morgan fingerprint density at radius 3 is 2.19 bits per heavy atom. The minimum atomic E-state index is -0.653. The maximum atomic E-state index is 10.7. The van der Waals surface area contributed by atoms with Crippen molar-refractivity contribution in [3.63, 3.8) is 0 Å². The predicted molar refractivity (Wildman–Crippen MR) is 81.9 cm³/mol. The molecule has 0 aromatic rings. The highest BCUT2D eigenvalue weighted by Gasteiger charge is 2.37. The number of hydrogen-bond acceptors (Lipinski definition) is 7. The zero-order chi connectivity index (χ0) is 16.5.